The number of fused-ring (bicyclic) bond motifs is 1. The first kappa shape index (κ1) is 7.62. The van der Waals surface area contributed by atoms with Crippen LogP contribution in [0.3, 0.4) is 0 Å². The predicted molar refractivity (Wildman–Crippen MR) is 48.2 cm³/mol. The van der Waals surface area contributed by atoms with E-state index in [9.17, 15) is 0 Å². The van der Waals surface area contributed by atoms with Crippen LogP contribution in [0.15, 0.2) is 24.3 Å². The summed E-state index contributed by atoms with van der Waals surface area (Å²) in [7, 11) is 4.08. The standard InChI is InChI=1S/C10H13NO/c1-11(2)10-7-8-5-3-4-6-9(8)12-10/h3-6,10H,7H2,1-2H3. The number of likely N-dealkylation sites (N-methyl/N-ethyl adjacent to an activating group) is 1. The molecular formula is C10H13NO. The first-order valence-electron chi connectivity index (χ1n) is 4.18. The quantitative estimate of drug-likeness (QED) is 0.622. The predicted octanol–water partition coefficient (Wildman–Crippen LogP) is 1.51. The lowest BCUT2D eigenvalue weighted by molar-refractivity contribution is 0.0861. The largest absolute Gasteiger partial charge is 0.474 e. The molecule has 0 spiro atoms. The summed E-state index contributed by atoms with van der Waals surface area (Å²) in [6, 6.07) is 8.22. The molecule has 1 unspecified atom stereocenters. The Morgan fingerprint density at radius 1 is 1.33 bits per heavy atom. The van der Waals surface area contributed by atoms with Crippen molar-refractivity contribution in [3.63, 3.8) is 0 Å². The maximum Gasteiger partial charge on any atom is 0.156 e. The molecule has 0 fully saturated rings. The van der Waals surface area contributed by atoms with Crippen molar-refractivity contribution >= 4 is 0 Å². The monoisotopic (exact) mass is 163 g/mol. The summed E-state index contributed by atoms with van der Waals surface area (Å²) in [4.78, 5) is 2.10. The molecule has 12 heavy (non-hydrogen) atoms. The fourth-order valence-electron chi connectivity index (χ4n) is 1.45. The molecule has 2 rings (SSSR count). The molecule has 0 aliphatic carbocycles. The van der Waals surface area contributed by atoms with E-state index in [-0.39, 0.29) is 6.23 Å². The van der Waals surface area contributed by atoms with Gasteiger partial charge in [-0.15, -0.1) is 0 Å². The van der Waals surface area contributed by atoms with Crippen LogP contribution in [0.1, 0.15) is 5.56 Å². The smallest absolute Gasteiger partial charge is 0.156 e. The van der Waals surface area contributed by atoms with Crippen LogP contribution in [0.2, 0.25) is 0 Å². The van der Waals surface area contributed by atoms with Crippen LogP contribution >= 0.6 is 0 Å². The molecule has 0 amide bonds. The van der Waals surface area contributed by atoms with Crippen molar-refractivity contribution in [1.82, 2.24) is 4.90 Å². The number of nitrogens with zero attached hydrogens (tertiary/aromatic N) is 1. The number of hydrogen-bond donors (Lipinski definition) is 0. The molecule has 1 aliphatic heterocycles. The lowest BCUT2D eigenvalue weighted by atomic mass is 10.1. The fraction of sp³-hybridized carbons (Fsp3) is 0.400. The van der Waals surface area contributed by atoms with Crippen LogP contribution in [-0.4, -0.2) is 25.2 Å². The molecule has 1 aromatic carbocycles. The highest BCUT2D eigenvalue weighted by atomic mass is 16.5. The van der Waals surface area contributed by atoms with E-state index in [0.29, 0.717) is 0 Å². The van der Waals surface area contributed by atoms with Crippen LogP contribution in [-0.2, 0) is 6.42 Å². The topological polar surface area (TPSA) is 12.5 Å². The molecule has 1 atom stereocenters. The third kappa shape index (κ3) is 1.18. The zero-order valence-electron chi connectivity index (χ0n) is 7.45. The Kier molecular flexibility index (Phi) is 1.77. The molecule has 0 aromatic heterocycles. The third-order valence-corrected chi connectivity index (χ3v) is 2.21. The van der Waals surface area contributed by atoms with Crippen LogP contribution in [0.4, 0.5) is 0 Å². The summed E-state index contributed by atoms with van der Waals surface area (Å²) in [5.74, 6) is 1.04. The summed E-state index contributed by atoms with van der Waals surface area (Å²) >= 11 is 0. The molecule has 1 heterocycles. The number of para-hydroxylation sites is 1. The van der Waals surface area contributed by atoms with Gasteiger partial charge >= 0.3 is 0 Å². The highest BCUT2D eigenvalue weighted by Crippen LogP contribution is 2.28. The van der Waals surface area contributed by atoms with Gasteiger partial charge in [0.1, 0.15) is 5.75 Å². The Bertz CT molecular complexity index is 258. The van der Waals surface area contributed by atoms with E-state index in [2.05, 4.69) is 17.0 Å². The van der Waals surface area contributed by atoms with Gasteiger partial charge in [0.2, 0.25) is 0 Å². The highest BCUT2D eigenvalue weighted by Gasteiger charge is 2.23. The molecule has 0 saturated heterocycles. The molecule has 0 bridgehead atoms. The Balaban J connectivity index is 2.22. The van der Waals surface area contributed by atoms with Crippen LogP contribution in [0.5, 0.6) is 5.75 Å². The highest BCUT2D eigenvalue weighted by molar-refractivity contribution is 5.36. The maximum absolute atomic E-state index is 5.69. The second kappa shape index (κ2) is 2.79. The Morgan fingerprint density at radius 3 is 2.75 bits per heavy atom. The van der Waals surface area contributed by atoms with Crippen molar-refractivity contribution < 1.29 is 4.74 Å². The molecule has 0 saturated carbocycles. The minimum Gasteiger partial charge on any atom is -0.474 e. The van der Waals surface area contributed by atoms with Crippen LogP contribution < -0.4 is 4.74 Å². The SMILES string of the molecule is CN(C)C1Cc2ccccc2O1. The second-order valence-corrected chi connectivity index (χ2v) is 3.35. The molecule has 1 aliphatic rings. The normalized spacial score (nSPS) is 20.8. The van der Waals surface area contributed by atoms with Crippen molar-refractivity contribution in [1.29, 1.82) is 0 Å². The van der Waals surface area contributed by atoms with Gasteiger partial charge in [0, 0.05) is 6.42 Å². The first-order valence-corrected chi connectivity index (χ1v) is 4.18. The van der Waals surface area contributed by atoms with E-state index >= 15 is 0 Å². The van der Waals surface area contributed by atoms with E-state index in [0.717, 1.165) is 12.2 Å². The number of rotatable bonds is 1. The van der Waals surface area contributed by atoms with Crippen molar-refractivity contribution in [3.05, 3.63) is 29.8 Å². The maximum atomic E-state index is 5.69. The van der Waals surface area contributed by atoms with Gasteiger partial charge in [-0.2, -0.15) is 0 Å². The molecule has 2 nitrogen and oxygen atoms in total. The summed E-state index contributed by atoms with van der Waals surface area (Å²) in [6.45, 7) is 0. The van der Waals surface area contributed by atoms with Crippen molar-refractivity contribution in [2.75, 3.05) is 14.1 Å². The minimum atomic E-state index is 0.224. The van der Waals surface area contributed by atoms with E-state index in [1.807, 2.05) is 26.2 Å². The van der Waals surface area contributed by atoms with Crippen molar-refractivity contribution in [3.8, 4) is 5.75 Å². The van der Waals surface area contributed by atoms with Crippen molar-refractivity contribution in [2.24, 2.45) is 0 Å². The Morgan fingerprint density at radius 2 is 2.08 bits per heavy atom. The fourth-order valence-corrected chi connectivity index (χ4v) is 1.45. The lowest BCUT2D eigenvalue weighted by Crippen LogP contribution is -2.31. The van der Waals surface area contributed by atoms with Gasteiger partial charge in [-0.25, -0.2) is 0 Å². The Hall–Kier alpha value is -1.02. The summed E-state index contributed by atoms with van der Waals surface area (Å²) < 4.78 is 5.69. The zero-order valence-corrected chi connectivity index (χ0v) is 7.45. The second-order valence-electron chi connectivity index (χ2n) is 3.35. The van der Waals surface area contributed by atoms with E-state index in [4.69, 9.17) is 4.74 Å². The summed E-state index contributed by atoms with van der Waals surface area (Å²) in [5.41, 5.74) is 1.32. The van der Waals surface area contributed by atoms with E-state index in [1.165, 1.54) is 5.56 Å². The molecule has 64 valence electrons. The Labute approximate surface area is 72.8 Å². The summed E-state index contributed by atoms with van der Waals surface area (Å²) in [6.07, 6.45) is 1.23. The molecular weight excluding hydrogens is 150 g/mol. The van der Waals surface area contributed by atoms with Crippen LogP contribution in [0, 0.1) is 0 Å². The van der Waals surface area contributed by atoms with Gasteiger partial charge in [0.15, 0.2) is 6.23 Å². The molecule has 1 aromatic rings. The first-order chi connectivity index (χ1) is 5.77. The van der Waals surface area contributed by atoms with Gasteiger partial charge in [0.25, 0.3) is 0 Å². The van der Waals surface area contributed by atoms with Gasteiger partial charge in [0.05, 0.1) is 0 Å². The van der Waals surface area contributed by atoms with Gasteiger partial charge in [-0.1, -0.05) is 18.2 Å². The van der Waals surface area contributed by atoms with Crippen molar-refractivity contribution in [2.45, 2.75) is 12.6 Å². The molecule has 0 N–H and O–H groups in total. The third-order valence-electron chi connectivity index (χ3n) is 2.21. The van der Waals surface area contributed by atoms with E-state index in [1.54, 1.807) is 0 Å². The minimum absolute atomic E-state index is 0.224. The number of ether oxygens (including phenoxy) is 1. The number of hydrogen-bond acceptors (Lipinski definition) is 2. The average Bonchev–Trinajstić information content (AvgIpc) is 2.46. The zero-order chi connectivity index (χ0) is 8.55. The summed E-state index contributed by atoms with van der Waals surface area (Å²) in [5, 5.41) is 0. The van der Waals surface area contributed by atoms with E-state index < -0.39 is 0 Å². The van der Waals surface area contributed by atoms with Gasteiger partial charge < -0.3 is 4.74 Å². The lowest BCUT2D eigenvalue weighted by Gasteiger charge is -2.17. The van der Waals surface area contributed by atoms with Crippen LogP contribution in [0.25, 0.3) is 0 Å². The van der Waals surface area contributed by atoms with Gasteiger partial charge in [-0.05, 0) is 25.7 Å². The van der Waals surface area contributed by atoms with Gasteiger partial charge in [-0.3, -0.25) is 4.90 Å². The molecule has 0 radical (unpaired) electrons. The number of benzene rings is 1. The average molecular weight is 163 g/mol. The molecule has 2 heteroatoms.